The molecule has 0 radical (unpaired) electrons. The van der Waals surface area contributed by atoms with Gasteiger partial charge < -0.3 is 4.74 Å². The molecule has 4 nitrogen and oxygen atoms in total. The fourth-order valence-corrected chi connectivity index (χ4v) is 1.72. The van der Waals surface area contributed by atoms with Crippen molar-refractivity contribution >= 4 is 11.8 Å². The predicted molar refractivity (Wildman–Crippen MR) is 53.6 cm³/mol. The topological polar surface area (TPSA) is 41.8 Å². The van der Waals surface area contributed by atoms with Gasteiger partial charge in [0.25, 0.3) is 0 Å². The van der Waals surface area contributed by atoms with Crippen LogP contribution in [0.3, 0.4) is 0 Å². The Labute approximate surface area is 88.1 Å². The first-order valence-electron chi connectivity index (χ1n) is 4.48. The summed E-state index contributed by atoms with van der Waals surface area (Å²) in [5.74, 6) is 0. The molecule has 0 amide bonds. The molecular weight excluding hydrogens is 198 g/mol. The lowest BCUT2D eigenvalue weighted by molar-refractivity contribution is -0.709. The molecule has 0 saturated heterocycles. The van der Waals surface area contributed by atoms with Gasteiger partial charge in [-0.25, -0.2) is 9.13 Å². The third kappa shape index (κ3) is 2.76. The molecule has 1 rings (SSSR count). The molecule has 1 aromatic rings. The summed E-state index contributed by atoms with van der Waals surface area (Å²) in [6.45, 7) is 4.18. The van der Waals surface area contributed by atoms with Crippen molar-refractivity contribution in [3.63, 3.8) is 0 Å². The van der Waals surface area contributed by atoms with Crippen molar-refractivity contribution in [2.75, 3.05) is 13.2 Å². The van der Waals surface area contributed by atoms with Gasteiger partial charge in [-0.3, -0.25) is 0 Å². The Bertz CT molecular complexity index is 329. The molecule has 0 bridgehead atoms. The van der Waals surface area contributed by atoms with E-state index in [1.807, 2.05) is 35.5 Å². The summed E-state index contributed by atoms with van der Waals surface area (Å²) in [6.07, 6.45) is 3.89. The van der Waals surface area contributed by atoms with E-state index in [1.54, 1.807) is 0 Å². The van der Waals surface area contributed by atoms with Gasteiger partial charge in [-0.05, 0) is 6.92 Å². The first-order valence-corrected chi connectivity index (χ1v) is 5.29. The minimum absolute atomic E-state index is 0.685. The number of ether oxygens (including phenoxy) is 1. The fourth-order valence-electron chi connectivity index (χ4n) is 1.16. The molecule has 0 aliphatic heterocycles. The maximum atomic E-state index is 8.61. The van der Waals surface area contributed by atoms with E-state index in [1.165, 1.54) is 11.8 Å². The zero-order valence-electron chi connectivity index (χ0n) is 8.43. The van der Waals surface area contributed by atoms with Gasteiger partial charge >= 0.3 is 5.16 Å². The van der Waals surface area contributed by atoms with Crippen LogP contribution >= 0.6 is 11.8 Å². The third-order valence-corrected chi connectivity index (χ3v) is 2.63. The van der Waals surface area contributed by atoms with Crippen molar-refractivity contribution in [3.05, 3.63) is 12.4 Å². The molecule has 0 aliphatic rings. The van der Waals surface area contributed by atoms with Crippen LogP contribution in [-0.2, 0) is 18.3 Å². The van der Waals surface area contributed by atoms with Crippen LogP contribution in [0.15, 0.2) is 17.6 Å². The maximum Gasteiger partial charge on any atom is 0.332 e. The van der Waals surface area contributed by atoms with Gasteiger partial charge in [0.15, 0.2) is 0 Å². The highest BCUT2D eigenvalue weighted by molar-refractivity contribution is 8.03. The van der Waals surface area contributed by atoms with E-state index in [2.05, 4.69) is 5.40 Å². The molecule has 0 unspecified atom stereocenters. The normalized spacial score (nSPS) is 10.1. The van der Waals surface area contributed by atoms with Crippen LogP contribution in [0, 0.1) is 10.7 Å². The number of nitriles is 1. The number of thiocyanates is 1. The molecule has 0 aromatic carbocycles. The lowest BCUT2D eigenvalue weighted by atomic mass is 10.6. The Morgan fingerprint density at radius 2 is 2.50 bits per heavy atom. The van der Waals surface area contributed by atoms with Crippen LogP contribution < -0.4 is 4.57 Å². The van der Waals surface area contributed by atoms with Crippen molar-refractivity contribution in [2.24, 2.45) is 7.05 Å². The molecule has 0 spiro atoms. The Morgan fingerprint density at radius 1 is 1.71 bits per heavy atom. The predicted octanol–water partition coefficient (Wildman–Crippen LogP) is 0.922. The van der Waals surface area contributed by atoms with Gasteiger partial charge in [-0.2, -0.15) is 5.26 Å². The number of imidazole rings is 1. The SMILES string of the molecule is CCOCCn1cc[n+](C)c1SC#N. The lowest BCUT2D eigenvalue weighted by Crippen LogP contribution is -2.28. The molecule has 5 heteroatoms. The van der Waals surface area contributed by atoms with E-state index in [4.69, 9.17) is 10.00 Å². The second kappa shape index (κ2) is 5.68. The van der Waals surface area contributed by atoms with Crippen molar-refractivity contribution < 1.29 is 9.30 Å². The van der Waals surface area contributed by atoms with Crippen molar-refractivity contribution in [3.8, 4) is 5.40 Å². The zero-order valence-corrected chi connectivity index (χ0v) is 9.25. The molecule has 0 atom stereocenters. The van der Waals surface area contributed by atoms with Crippen LogP contribution in [0.4, 0.5) is 0 Å². The highest BCUT2D eigenvalue weighted by Crippen LogP contribution is 2.11. The molecule has 14 heavy (non-hydrogen) atoms. The van der Waals surface area contributed by atoms with Crippen LogP contribution in [-0.4, -0.2) is 17.8 Å². The smallest absolute Gasteiger partial charge is 0.332 e. The van der Waals surface area contributed by atoms with Crippen LogP contribution in [0.25, 0.3) is 0 Å². The van der Waals surface area contributed by atoms with Crippen molar-refractivity contribution in [2.45, 2.75) is 18.6 Å². The average Bonchev–Trinajstić information content (AvgIpc) is 2.51. The molecule has 0 fully saturated rings. The molecule has 76 valence electrons. The first kappa shape index (κ1) is 11.1. The molecule has 0 aliphatic carbocycles. The number of aryl methyl sites for hydroxylation is 1. The largest absolute Gasteiger partial charge is 0.378 e. The second-order valence-corrected chi connectivity index (χ2v) is 3.53. The van der Waals surface area contributed by atoms with E-state index in [-0.39, 0.29) is 0 Å². The van der Waals surface area contributed by atoms with E-state index < -0.39 is 0 Å². The Kier molecular flexibility index (Phi) is 4.50. The standard InChI is InChI=1S/C9H14N3OS/c1-3-13-7-6-12-5-4-11(2)9(12)14-8-10/h4-5H,3,6-7H2,1-2H3/q+1. The van der Waals surface area contributed by atoms with Gasteiger partial charge in [0.1, 0.15) is 24.3 Å². The summed E-state index contributed by atoms with van der Waals surface area (Å²) in [6, 6.07) is 0. The Morgan fingerprint density at radius 3 is 3.14 bits per heavy atom. The maximum absolute atomic E-state index is 8.61. The van der Waals surface area contributed by atoms with E-state index >= 15 is 0 Å². The summed E-state index contributed by atoms with van der Waals surface area (Å²) < 4.78 is 9.21. The monoisotopic (exact) mass is 212 g/mol. The van der Waals surface area contributed by atoms with E-state index in [9.17, 15) is 0 Å². The summed E-state index contributed by atoms with van der Waals surface area (Å²) in [7, 11) is 1.93. The van der Waals surface area contributed by atoms with Gasteiger partial charge in [0.2, 0.25) is 0 Å². The van der Waals surface area contributed by atoms with Gasteiger partial charge in [-0.1, -0.05) is 0 Å². The highest BCUT2D eigenvalue weighted by Gasteiger charge is 2.14. The number of nitrogens with zero attached hydrogens (tertiary/aromatic N) is 3. The average molecular weight is 212 g/mol. The van der Waals surface area contributed by atoms with Crippen molar-refractivity contribution in [1.29, 1.82) is 5.26 Å². The van der Waals surface area contributed by atoms with Gasteiger partial charge in [-0.15, -0.1) is 0 Å². The summed E-state index contributed by atoms with van der Waals surface area (Å²) >= 11 is 1.17. The molecule has 0 saturated carbocycles. The second-order valence-electron chi connectivity index (χ2n) is 2.78. The van der Waals surface area contributed by atoms with Crippen LogP contribution in [0.5, 0.6) is 0 Å². The lowest BCUT2D eigenvalue weighted by Gasteiger charge is -1.99. The highest BCUT2D eigenvalue weighted by atomic mass is 32.2. The summed E-state index contributed by atoms with van der Waals surface area (Å²) in [5.41, 5.74) is 0. The number of hydrogen-bond donors (Lipinski definition) is 0. The summed E-state index contributed by atoms with van der Waals surface area (Å²) in [5, 5.41) is 11.6. The summed E-state index contributed by atoms with van der Waals surface area (Å²) in [4.78, 5) is 0. The van der Waals surface area contributed by atoms with Crippen molar-refractivity contribution in [1.82, 2.24) is 4.57 Å². The molecule has 0 N–H and O–H groups in total. The minimum Gasteiger partial charge on any atom is -0.378 e. The van der Waals surface area contributed by atoms with Gasteiger partial charge in [0.05, 0.1) is 25.4 Å². The Balaban J connectivity index is 2.62. The van der Waals surface area contributed by atoms with Crippen LogP contribution in [0.2, 0.25) is 0 Å². The molecule has 1 heterocycles. The van der Waals surface area contributed by atoms with E-state index in [0.29, 0.717) is 6.61 Å². The quantitative estimate of drug-likeness (QED) is 0.315. The van der Waals surface area contributed by atoms with Gasteiger partial charge in [0, 0.05) is 6.61 Å². The number of aromatic nitrogens is 2. The minimum atomic E-state index is 0.685. The molecule has 1 aromatic heterocycles. The Hall–Kier alpha value is -0.990. The van der Waals surface area contributed by atoms with E-state index in [0.717, 1.165) is 18.3 Å². The fraction of sp³-hybridized carbons (Fsp3) is 0.556. The zero-order chi connectivity index (χ0) is 10.4. The number of rotatable bonds is 5. The van der Waals surface area contributed by atoms with Crippen LogP contribution in [0.1, 0.15) is 6.92 Å². The first-order chi connectivity index (χ1) is 6.79. The molecular formula is C9H14N3OS+. The number of thioether (sulfide) groups is 1. The third-order valence-electron chi connectivity index (χ3n) is 1.84. The number of hydrogen-bond acceptors (Lipinski definition) is 3.